The Kier molecular flexibility index (Phi) is 11.2. The van der Waals surface area contributed by atoms with Gasteiger partial charge >= 0.3 is 5.97 Å². The quantitative estimate of drug-likeness (QED) is 0.520. The minimum atomic E-state index is -0.876. The van der Waals surface area contributed by atoms with Crippen LogP contribution in [0.2, 0.25) is 0 Å². The van der Waals surface area contributed by atoms with E-state index in [2.05, 4.69) is 6.92 Å². The SMILES string of the molecule is CCCCCCCCCCCC(C)C(N)C(=O)O. The summed E-state index contributed by atoms with van der Waals surface area (Å²) in [5.41, 5.74) is 5.57. The molecule has 0 amide bonds. The van der Waals surface area contributed by atoms with Crippen molar-refractivity contribution in [3.05, 3.63) is 0 Å². The van der Waals surface area contributed by atoms with E-state index >= 15 is 0 Å². The van der Waals surface area contributed by atoms with E-state index in [9.17, 15) is 4.79 Å². The van der Waals surface area contributed by atoms with Gasteiger partial charge in [0.2, 0.25) is 0 Å². The normalized spacial score (nSPS) is 14.4. The molecule has 0 rings (SSSR count). The Hall–Kier alpha value is -0.570. The minimum absolute atomic E-state index is 0.0899. The number of aliphatic carboxylic acids is 1. The van der Waals surface area contributed by atoms with E-state index < -0.39 is 12.0 Å². The van der Waals surface area contributed by atoms with Gasteiger partial charge in [-0.1, -0.05) is 71.6 Å². The molecular formula is C15H31NO2. The highest BCUT2D eigenvalue weighted by Crippen LogP contribution is 2.15. The number of nitrogens with two attached hydrogens (primary N) is 1. The first-order chi connectivity index (χ1) is 8.59. The molecule has 2 unspecified atom stereocenters. The molecule has 0 spiro atoms. The second kappa shape index (κ2) is 11.5. The van der Waals surface area contributed by atoms with Crippen molar-refractivity contribution in [3.8, 4) is 0 Å². The topological polar surface area (TPSA) is 63.3 Å². The molecular weight excluding hydrogens is 226 g/mol. The molecule has 0 aromatic carbocycles. The molecule has 0 aliphatic rings. The largest absolute Gasteiger partial charge is 0.480 e. The van der Waals surface area contributed by atoms with Gasteiger partial charge in [0.1, 0.15) is 6.04 Å². The smallest absolute Gasteiger partial charge is 0.320 e. The lowest BCUT2D eigenvalue weighted by atomic mass is 9.95. The lowest BCUT2D eigenvalue weighted by molar-refractivity contribution is -0.139. The summed E-state index contributed by atoms with van der Waals surface area (Å²) in [6, 6.07) is -0.695. The number of carboxylic acid groups (broad SMARTS) is 1. The van der Waals surface area contributed by atoms with Crippen molar-refractivity contribution in [3.63, 3.8) is 0 Å². The highest BCUT2D eigenvalue weighted by Gasteiger charge is 2.18. The van der Waals surface area contributed by atoms with E-state index in [-0.39, 0.29) is 5.92 Å². The molecule has 3 nitrogen and oxygen atoms in total. The van der Waals surface area contributed by atoms with E-state index in [1.165, 1.54) is 51.4 Å². The maximum absolute atomic E-state index is 10.7. The molecule has 0 saturated heterocycles. The highest BCUT2D eigenvalue weighted by atomic mass is 16.4. The lowest BCUT2D eigenvalue weighted by Crippen LogP contribution is -2.36. The molecule has 0 saturated carbocycles. The van der Waals surface area contributed by atoms with E-state index in [1.807, 2.05) is 6.92 Å². The molecule has 0 fully saturated rings. The average Bonchev–Trinajstić information content (AvgIpc) is 2.35. The Balaban J connectivity index is 3.27. The molecule has 108 valence electrons. The molecule has 0 bridgehead atoms. The van der Waals surface area contributed by atoms with E-state index in [0.717, 1.165) is 12.8 Å². The van der Waals surface area contributed by atoms with Gasteiger partial charge in [0.15, 0.2) is 0 Å². The maximum Gasteiger partial charge on any atom is 0.320 e. The summed E-state index contributed by atoms with van der Waals surface area (Å²) in [5, 5.41) is 8.77. The zero-order chi connectivity index (χ0) is 13.8. The van der Waals surface area contributed by atoms with Crippen molar-refractivity contribution in [2.75, 3.05) is 0 Å². The molecule has 0 aromatic rings. The van der Waals surface area contributed by atoms with Gasteiger partial charge in [-0.05, 0) is 12.3 Å². The van der Waals surface area contributed by atoms with Crippen molar-refractivity contribution >= 4 is 5.97 Å². The zero-order valence-electron chi connectivity index (χ0n) is 12.2. The summed E-state index contributed by atoms with van der Waals surface area (Å²) < 4.78 is 0. The molecule has 3 N–H and O–H groups in total. The Morgan fingerprint density at radius 1 is 1.00 bits per heavy atom. The van der Waals surface area contributed by atoms with Gasteiger partial charge in [-0.2, -0.15) is 0 Å². The van der Waals surface area contributed by atoms with Crippen LogP contribution in [0.1, 0.15) is 78.1 Å². The molecule has 18 heavy (non-hydrogen) atoms. The number of hydrogen-bond donors (Lipinski definition) is 2. The van der Waals surface area contributed by atoms with E-state index in [4.69, 9.17) is 10.8 Å². The first-order valence-corrected chi connectivity index (χ1v) is 7.58. The van der Waals surface area contributed by atoms with Gasteiger partial charge < -0.3 is 10.8 Å². The van der Waals surface area contributed by atoms with Gasteiger partial charge in [0, 0.05) is 0 Å². The van der Waals surface area contributed by atoms with Crippen LogP contribution in [-0.2, 0) is 4.79 Å². The third kappa shape index (κ3) is 9.46. The van der Waals surface area contributed by atoms with E-state index in [1.54, 1.807) is 0 Å². The summed E-state index contributed by atoms with van der Waals surface area (Å²) >= 11 is 0. The zero-order valence-corrected chi connectivity index (χ0v) is 12.2. The Bertz CT molecular complexity index is 207. The van der Waals surface area contributed by atoms with Crippen LogP contribution in [0.4, 0.5) is 0 Å². The third-order valence-electron chi connectivity index (χ3n) is 3.66. The monoisotopic (exact) mass is 257 g/mol. The molecule has 2 atom stereocenters. The third-order valence-corrected chi connectivity index (χ3v) is 3.66. The Morgan fingerprint density at radius 2 is 1.44 bits per heavy atom. The molecule has 0 radical (unpaired) electrons. The van der Waals surface area contributed by atoms with Crippen LogP contribution in [0.5, 0.6) is 0 Å². The fourth-order valence-corrected chi connectivity index (χ4v) is 2.20. The summed E-state index contributed by atoms with van der Waals surface area (Å²) in [4.78, 5) is 10.7. The molecule has 3 heteroatoms. The predicted molar refractivity (Wildman–Crippen MR) is 76.6 cm³/mol. The summed E-state index contributed by atoms with van der Waals surface area (Å²) in [6.45, 7) is 4.17. The Labute approximate surface area is 112 Å². The highest BCUT2D eigenvalue weighted by molar-refractivity contribution is 5.73. The number of rotatable bonds is 12. The number of carboxylic acids is 1. The second-order valence-electron chi connectivity index (χ2n) is 5.46. The lowest BCUT2D eigenvalue weighted by Gasteiger charge is -2.15. The summed E-state index contributed by atoms with van der Waals surface area (Å²) in [7, 11) is 0. The van der Waals surface area contributed by atoms with Crippen molar-refractivity contribution in [2.24, 2.45) is 11.7 Å². The standard InChI is InChI=1S/C15H31NO2/c1-3-4-5-6-7-8-9-10-11-12-13(2)14(16)15(17)18/h13-14H,3-12,16H2,1-2H3,(H,17,18). The Morgan fingerprint density at radius 3 is 1.89 bits per heavy atom. The molecule has 0 aliphatic carbocycles. The molecule has 0 aliphatic heterocycles. The van der Waals surface area contributed by atoms with Crippen LogP contribution in [0, 0.1) is 5.92 Å². The van der Waals surface area contributed by atoms with Crippen molar-refractivity contribution in [1.82, 2.24) is 0 Å². The molecule has 0 aromatic heterocycles. The maximum atomic E-state index is 10.7. The fraction of sp³-hybridized carbons (Fsp3) is 0.933. The van der Waals surface area contributed by atoms with Gasteiger partial charge in [-0.15, -0.1) is 0 Å². The predicted octanol–water partition coefficient (Wildman–Crippen LogP) is 3.96. The van der Waals surface area contributed by atoms with Crippen molar-refractivity contribution < 1.29 is 9.90 Å². The van der Waals surface area contributed by atoms with Crippen molar-refractivity contribution in [1.29, 1.82) is 0 Å². The van der Waals surface area contributed by atoms with Gasteiger partial charge in [-0.3, -0.25) is 4.79 Å². The van der Waals surface area contributed by atoms with Crippen molar-refractivity contribution in [2.45, 2.75) is 84.1 Å². The minimum Gasteiger partial charge on any atom is -0.480 e. The number of hydrogen-bond acceptors (Lipinski definition) is 2. The number of unbranched alkanes of at least 4 members (excludes halogenated alkanes) is 8. The fourth-order valence-electron chi connectivity index (χ4n) is 2.20. The van der Waals surface area contributed by atoms with Crippen LogP contribution in [-0.4, -0.2) is 17.1 Å². The summed E-state index contributed by atoms with van der Waals surface area (Å²) in [5.74, 6) is -0.787. The van der Waals surface area contributed by atoms with E-state index in [0.29, 0.717) is 0 Å². The van der Waals surface area contributed by atoms with Gasteiger partial charge in [0.05, 0.1) is 0 Å². The van der Waals surface area contributed by atoms with Gasteiger partial charge in [0.25, 0.3) is 0 Å². The van der Waals surface area contributed by atoms with Crippen LogP contribution >= 0.6 is 0 Å². The average molecular weight is 257 g/mol. The van der Waals surface area contributed by atoms with Crippen LogP contribution < -0.4 is 5.73 Å². The van der Waals surface area contributed by atoms with Crippen LogP contribution in [0.3, 0.4) is 0 Å². The first kappa shape index (κ1) is 17.4. The van der Waals surface area contributed by atoms with Gasteiger partial charge in [-0.25, -0.2) is 0 Å². The second-order valence-corrected chi connectivity index (χ2v) is 5.46. The number of carbonyl (C=O) groups is 1. The van der Waals surface area contributed by atoms with Crippen LogP contribution in [0.25, 0.3) is 0 Å². The molecule has 0 heterocycles. The van der Waals surface area contributed by atoms with Crippen LogP contribution in [0.15, 0.2) is 0 Å². The summed E-state index contributed by atoms with van der Waals surface area (Å²) in [6.07, 6.45) is 12.6. The first-order valence-electron chi connectivity index (χ1n) is 7.58.